The standard InChI is InChI=1S/C22H20N2O2S/c25-21(18-10-5-2-6-11-18)24-20(16-19-12-7-15-27-19)22(26)23-14-13-17-8-3-1-4-9-17/h1-12,15-16H,13-14H2,(H,23,26)(H,24,25). The SMILES string of the molecule is O=C(NCCc1ccccc1)C(=Cc1cccs1)NC(=O)c1ccccc1. The molecular formula is C22H20N2O2S. The van der Waals surface area contributed by atoms with E-state index in [-0.39, 0.29) is 17.5 Å². The summed E-state index contributed by atoms with van der Waals surface area (Å²) in [5.41, 5.74) is 1.89. The van der Waals surface area contributed by atoms with Gasteiger partial charge in [-0.3, -0.25) is 9.59 Å². The van der Waals surface area contributed by atoms with Crippen LogP contribution in [0.3, 0.4) is 0 Å². The van der Waals surface area contributed by atoms with Crippen molar-refractivity contribution in [3.8, 4) is 0 Å². The predicted octanol–water partition coefficient (Wildman–Crippen LogP) is 3.88. The summed E-state index contributed by atoms with van der Waals surface area (Å²) < 4.78 is 0. The molecule has 3 aromatic rings. The number of carbonyl (C=O) groups is 2. The first-order valence-corrected chi connectivity index (χ1v) is 9.54. The largest absolute Gasteiger partial charge is 0.350 e. The van der Waals surface area contributed by atoms with Crippen LogP contribution in [0.15, 0.2) is 83.9 Å². The molecule has 0 unspecified atom stereocenters. The second-order valence-corrected chi connectivity index (χ2v) is 6.86. The summed E-state index contributed by atoms with van der Waals surface area (Å²) in [5.74, 6) is -0.611. The average Bonchev–Trinajstić information content (AvgIpc) is 3.22. The van der Waals surface area contributed by atoms with Crippen LogP contribution in [0.25, 0.3) is 6.08 Å². The summed E-state index contributed by atoms with van der Waals surface area (Å²) in [5, 5.41) is 7.55. The lowest BCUT2D eigenvalue weighted by Crippen LogP contribution is -2.35. The number of nitrogens with one attached hydrogen (secondary N) is 2. The number of hydrogen-bond donors (Lipinski definition) is 2. The highest BCUT2D eigenvalue weighted by Crippen LogP contribution is 2.13. The Morgan fingerprint density at radius 2 is 1.59 bits per heavy atom. The van der Waals surface area contributed by atoms with Crippen molar-refractivity contribution in [2.24, 2.45) is 0 Å². The Hall–Kier alpha value is -3.18. The van der Waals surface area contributed by atoms with Gasteiger partial charge < -0.3 is 10.6 Å². The van der Waals surface area contributed by atoms with E-state index in [1.165, 1.54) is 11.3 Å². The van der Waals surface area contributed by atoms with E-state index in [4.69, 9.17) is 0 Å². The lowest BCUT2D eigenvalue weighted by Gasteiger charge is -2.11. The van der Waals surface area contributed by atoms with Gasteiger partial charge in [0, 0.05) is 17.0 Å². The molecule has 0 bridgehead atoms. The van der Waals surface area contributed by atoms with Crippen molar-refractivity contribution in [3.05, 3.63) is 99.9 Å². The van der Waals surface area contributed by atoms with Gasteiger partial charge >= 0.3 is 0 Å². The maximum absolute atomic E-state index is 12.6. The summed E-state index contributed by atoms with van der Waals surface area (Å²) in [6.45, 7) is 0.492. The third-order valence-electron chi connectivity index (χ3n) is 3.90. The number of carbonyl (C=O) groups excluding carboxylic acids is 2. The van der Waals surface area contributed by atoms with E-state index in [2.05, 4.69) is 10.6 Å². The van der Waals surface area contributed by atoms with E-state index < -0.39 is 0 Å². The van der Waals surface area contributed by atoms with Crippen molar-refractivity contribution in [2.75, 3.05) is 6.54 Å². The van der Waals surface area contributed by atoms with Gasteiger partial charge in [-0.05, 0) is 41.6 Å². The Morgan fingerprint density at radius 3 is 2.26 bits per heavy atom. The number of hydrogen-bond acceptors (Lipinski definition) is 3. The first-order chi connectivity index (χ1) is 13.2. The highest BCUT2D eigenvalue weighted by Gasteiger charge is 2.14. The molecule has 1 heterocycles. The molecule has 2 N–H and O–H groups in total. The van der Waals surface area contributed by atoms with Crippen LogP contribution in [0.5, 0.6) is 0 Å². The maximum atomic E-state index is 12.6. The average molecular weight is 376 g/mol. The molecule has 27 heavy (non-hydrogen) atoms. The summed E-state index contributed by atoms with van der Waals surface area (Å²) in [6.07, 6.45) is 2.43. The monoisotopic (exact) mass is 376 g/mol. The molecule has 1 aromatic heterocycles. The van der Waals surface area contributed by atoms with Gasteiger partial charge in [0.1, 0.15) is 5.70 Å². The van der Waals surface area contributed by atoms with E-state index in [1.807, 2.05) is 53.9 Å². The van der Waals surface area contributed by atoms with Crippen LogP contribution in [0.4, 0.5) is 0 Å². The molecule has 0 radical (unpaired) electrons. The zero-order valence-corrected chi connectivity index (χ0v) is 15.5. The van der Waals surface area contributed by atoms with Gasteiger partial charge in [0.2, 0.25) is 0 Å². The van der Waals surface area contributed by atoms with Crippen molar-refractivity contribution in [3.63, 3.8) is 0 Å². The molecule has 0 aliphatic rings. The van der Waals surface area contributed by atoms with Crippen LogP contribution in [0.1, 0.15) is 20.8 Å². The van der Waals surface area contributed by atoms with Gasteiger partial charge in [0.25, 0.3) is 11.8 Å². The third kappa shape index (κ3) is 5.66. The fourth-order valence-corrected chi connectivity index (χ4v) is 3.18. The fraction of sp³-hybridized carbons (Fsp3) is 0.0909. The highest BCUT2D eigenvalue weighted by atomic mass is 32.1. The lowest BCUT2D eigenvalue weighted by molar-refractivity contribution is -0.117. The first-order valence-electron chi connectivity index (χ1n) is 8.66. The van der Waals surface area contributed by atoms with Crippen molar-refractivity contribution in [1.29, 1.82) is 0 Å². The van der Waals surface area contributed by atoms with Gasteiger partial charge in [0.15, 0.2) is 0 Å². The Bertz CT molecular complexity index is 904. The minimum atomic E-state index is -0.309. The third-order valence-corrected chi connectivity index (χ3v) is 4.72. The Morgan fingerprint density at radius 1 is 0.889 bits per heavy atom. The molecule has 2 amide bonds. The molecule has 0 saturated heterocycles. The molecule has 0 aliphatic heterocycles. The Balaban J connectivity index is 1.68. The van der Waals surface area contributed by atoms with E-state index in [0.717, 1.165) is 16.9 Å². The summed E-state index contributed by atoms with van der Waals surface area (Å²) in [7, 11) is 0. The highest BCUT2D eigenvalue weighted by molar-refractivity contribution is 7.10. The molecule has 5 heteroatoms. The molecule has 0 aliphatic carbocycles. The topological polar surface area (TPSA) is 58.2 Å². The number of amides is 2. The smallest absolute Gasteiger partial charge is 0.267 e. The van der Waals surface area contributed by atoms with Crippen LogP contribution >= 0.6 is 11.3 Å². The molecule has 2 aromatic carbocycles. The summed E-state index contributed by atoms with van der Waals surface area (Å²) in [6, 6.07) is 22.6. The van der Waals surface area contributed by atoms with Crippen LogP contribution in [-0.2, 0) is 11.2 Å². The van der Waals surface area contributed by atoms with Crippen molar-refractivity contribution >= 4 is 29.2 Å². The molecule has 0 atom stereocenters. The van der Waals surface area contributed by atoms with E-state index in [1.54, 1.807) is 30.3 Å². The van der Waals surface area contributed by atoms with Gasteiger partial charge in [-0.1, -0.05) is 54.6 Å². The van der Waals surface area contributed by atoms with Crippen LogP contribution < -0.4 is 10.6 Å². The predicted molar refractivity (Wildman–Crippen MR) is 109 cm³/mol. The van der Waals surface area contributed by atoms with Crippen molar-refractivity contribution in [1.82, 2.24) is 10.6 Å². The second kappa shape index (κ2) is 9.50. The Labute approximate surface area is 162 Å². The van der Waals surface area contributed by atoms with Gasteiger partial charge in [0.05, 0.1) is 0 Å². The molecule has 3 rings (SSSR count). The van der Waals surface area contributed by atoms with Gasteiger partial charge in [-0.15, -0.1) is 11.3 Å². The lowest BCUT2D eigenvalue weighted by atomic mass is 10.1. The van der Waals surface area contributed by atoms with E-state index in [0.29, 0.717) is 12.1 Å². The zero-order valence-electron chi connectivity index (χ0n) is 14.7. The number of rotatable bonds is 7. The molecule has 136 valence electrons. The van der Waals surface area contributed by atoms with E-state index in [9.17, 15) is 9.59 Å². The molecule has 0 fully saturated rings. The second-order valence-electron chi connectivity index (χ2n) is 5.89. The molecule has 0 spiro atoms. The Kier molecular flexibility index (Phi) is 6.55. The van der Waals surface area contributed by atoms with Crippen LogP contribution in [0, 0.1) is 0 Å². The number of benzene rings is 2. The molecule has 4 nitrogen and oxygen atoms in total. The van der Waals surface area contributed by atoms with E-state index >= 15 is 0 Å². The normalized spacial score (nSPS) is 11.0. The van der Waals surface area contributed by atoms with Crippen LogP contribution in [0.2, 0.25) is 0 Å². The summed E-state index contributed by atoms with van der Waals surface area (Å²) in [4.78, 5) is 26.0. The fourth-order valence-electron chi connectivity index (χ4n) is 2.52. The maximum Gasteiger partial charge on any atom is 0.267 e. The molecular weight excluding hydrogens is 356 g/mol. The quantitative estimate of drug-likeness (QED) is 0.615. The van der Waals surface area contributed by atoms with Crippen molar-refractivity contribution < 1.29 is 9.59 Å². The first kappa shape index (κ1) is 18.6. The number of thiophene rings is 1. The van der Waals surface area contributed by atoms with Crippen LogP contribution in [-0.4, -0.2) is 18.4 Å². The summed E-state index contributed by atoms with van der Waals surface area (Å²) >= 11 is 1.50. The minimum Gasteiger partial charge on any atom is -0.350 e. The zero-order chi connectivity index (χ0) is 18.9. The van der Waals surface area contributed by atoms with Crippen molar-refractivity contribution in [2.45, 2.75) is 6.42 Å². The molecule has 0 saturated carbocycles. The minimum absolute atomic E-state index is 0.236. The van der Waals surface area contributed by atoms with Gasteiger partial charge in [-0.25, -0.2) is 0 Å². The van der Waals surface area contributed by atoms with Gasteiger partial charge in [-0.2, -0.15) is 0 Å².